The minimum absolute atomic E-state index is 0.0693. The molecule has 0 bridgehead atoms. The standard InChI is InChI=1S/C22H22N4O4/c1-4-30-22(28)13-5-7-14(8-6-13)26-12-18(27)19(20(26)23)21-24-16-11-15(29-3)9-10-17(16)25(21)2/h5-11,23,27H,4,12H2,1-3H3. The Kier molecular flexibility index (Phi) is 4.91. The van der Waals surface area contributed by atoms with Crippen molar-refractivity contribution in [3.05, 3.63) is 59.6 Å². The zero-order valence-electron chi connectivity index (χ0n) is 17.0. The van der Waals surface area contributed by atoms with Crippen molar-refractivity contribution >= 4 is 34.1 Å². The minimum Gasteiger partial charge on any atom is -0.509 e. The molecular formula is C22H22N4O4. The molecule has 1 aliphatic rings. The predicted octanol–water partition coefficient (Wildman–Crippen LogP) is 3.53. The number of nitrogens with zero attached hydrogens (tertiary/aromatic N) is 3. The van der Waals surface area contributed by atoms with Crippen LogP contribution in [0, 0.1) is 5.41 Å². The summed E-state index contributed by atoms with van der Waals surface area (Å²) in [4.78, 5) is 18.1. The molecule has 0 aliphatic carbocycles. The number of hydrogen-bond donors (Lipinski definition) is 2. The largest absolute Gasteiger partial charge is 0.509 e. The highest BCUT2D eigenvalue weighted by atomic mass is 16.5. The molecule has 2 heterocycles. The first-order valence-corrected chi connectivity index (χ1v) is 9.51. The van der Waals surface area contributed by atoms with Gasteiger partial charge in [-0.25, -0.2) is 9.78 Å². The molecule has 8 heteroatoms. The molecule has 1 aliphatic heterocycles. The highest BCUT2D eigenvalue weighted by Gasteiger charge is 2.32. The number of aromatic nitrogens is 2. The maximum atomic E-state index is 11.9. The molecule has 2 N–H and O–H groups in total. The number of amidine groups is 1. The Bertz CT molecular complexity index is 1180. The highest BCUT2D eigenvalue weighted by molar-refractivity contribution is 6.30. The molecule has 0 spiro atoms. The average molecular weight is 406 g/mol. The number of rotatable bonds is 5. The molecule has 3 aromatic rings. The van der Waals surface area contributed by atoms with E-state index in [-0.39, 0.29) is 18.1 Å². The molecule has 0 unspecified atom stereocenters. The molecule has 154 valence electrons. The van der Waals surface area contributed by atoms with Crippen molar-refractivity contribution in [1.29, 1.82) is 5.41 Å². The van der Waals surface area contributed by atoms with Gasteiger partial charge in [0.15, 0.2) is 0 Å². The SMILES string of the molecule is CCOC(=O)c1ccc(N2CC(O)=C(c3nc4cc(OC)ccc4n3C)C2=N)cc1. The molecule has 30 heavy (non-hydrogen) atoms. The molecule has 0 saturated carbocycles. The minimum atomic E-state index is -0.391. The van der Waals surface area contributed by atoms with Crippen molar-refractivity contribution in [2.45, 2.75) is 6.92 Å². The Morgan fingerprint density at radius 1 is 1.23 bits per heavy atom. The van der Waals surface area contributed by atoms with Gasteiger partial charge in [-0.15, -0.1) is 0 Å². The smallest absolute Gasteiger partial charge is 0.338 e. The second kappa shape index (κ2) is 7.55. The van der Waals surface area contributed by atoms with E-state index in [1.165, 1.54) is 0 Å². The third kappa shape index (κ3) is 3.16. The summed E-state index contributed by atoms with van der Waals surface area (Å²) < 4.78 is 12.1. The Hall–Kier alpha value is -3.81. The van der Waals surface area contributed by atoms with Crippen LogP contribution in [0.2, 0.25) is 0 Å². The Morgan fingerprint density at radius 3 is 2.63 bits per heavy atom. The van der Waals surface area contributed by atoms with E-state index in [0.29, 0.717) is 35.0 Å². The van der Waals surface area contributed by atoms with Crippen LogP contribution in [0.15, 0.2) is 48.2 Å². The first kappa shape index (κ1) is 19.5. The summed E-state index contributed by atoms with van der Waals surface area (Å²) in [5.74, 6) is 1.01. The van der Waals surface area contributed by atoms with Crippen molar-refractivity contribution in [3.63, 3.8) is 0 Å². The van der Waals surface area contributed by atoms with Gasteiger partial charge in [-0.3, -0.25) is 5.41 Å². The summed E-state index contributed by atoms with van der Waals surface area (Å²) in [5, 5.41) is 19.3. The van der Waals surface area contributed by atoms with E-state index in [1.807, 2.05) is 29.8 Å². The van der Waals surface area contributed by atoms with Gasteiger partial charge >= 0.3 is 5.97 Å². The van der Waals surface area contributed by atoms with Gasteiger partial charge in [0.05, 0.1) is 42.4 Å². The quantitative estimate of drug-likeness (QED) is 0.629. The van der Waals surface area contributed by atoms with Gasteiger partial charge in [-0.05, 0) is 43.3 Å². The topological polar surface area (TPSA) is 101 Å². The summed E-state index contributed by atoms with van der Waals surface area (Å²) in [6, 6.07) is 12.3. The predicted molar refractivity (Wildman–Crippen MR) is 114 cm³/mol. The summed E-state index contributed by atoms with van der Waals surface area (Å²) in [7, 11) is 3.44. The number of ether oxygens (including phenoxy) is 2. The number of carbonyl (C=O) groups is 1. The van der Waals surface area contributed by atoms with Gasteiger partial charge < -0.3 is 24.0 Å². The fourth-order valence-electron chi connectivity index (χ4n) is 3.56. The number of esters is 1. The fraction of sp³-hybridized carbons (Fsp3) is 0.227. The Labute approximate surface area is 173 Å². The first-order chi connectivity index (χ1) is 14.4. The van der Waals surface area contributed by atoms with Crippen LogP contribution in [0.3, 0.4) is 0 Å². The molecular weight excluding hydrogens is 384 g/mol. The van der Waals surface area contributed by atoms with E-state index in [2.05, 4.69) is 4.98 Å². The van der Waals surface area contributed by atoms with Crippen molar-refractivity contribution in [1.82, 2.24) is 9.55 Å². The van der Waals surface area contributed by atoms with Crippen molar-refractivity contribution < 1.29 is 19.4 Å². The fourth-order valence-corrected chi connectivity index (χ4v) is 3.56. The number of aliphatic hydroxyl groups is 1. The maximum Gasteiger partial charge on any atom is 0.338 e. The first-order valence-electron chi connectivity index (χ1n) is 9.51. The van der Waals surface area contributed by atoms with Crippen LogP contribution in [-0.4, -0.2) is 46.7 Å². The summed E-state index contributed by atoms with van der Waals surface area (Å²) in [6.07, 6.45) is 0. The van der Waals surface area contributed by atoms with Crippen LogP contribution < -0.4 is 9.64 Å². The molecule has 0 amide bonds. The van der Waals surface area contributed by atoms with Crippen LogP contribution in [0.25, 0.3) is 16.6 Å². The number of aliphatic hydroxyl groups excluding tert-OH is 1. The summed E-state index contributed by atoms with van der Waals surface area (Å²) in [5.41, 5.74) is 3.10. The van der Waals surface area contributed by atoms with Crippen LogP contribution in [-0.2, 0) is 11.8 Å². The number of aryl methyl sites for hydroxylation is 1. The number of imidazole rings is 1. The number of hydrogen-bond acceptors (Lipinski definition) is 6. The van der Waals surface area contributed by atoms with E-state index in [1.54, 1.807) is 43.2 Å². The molecule has 2 aromatic carbocycles. The molecule has 8 nitrogen and oxygen atoms in total. The number of fused-ring (bicyclic) bond motifs is 1. The van der Waals surface area contributed by atoms with E-state index in [9.17, 15) is 9.90 Å². The normalized spacial score (nSPS) is 14.0. The van der Waals surface area contributed by atoms with Gasteiger partial charge in [0.25, 0.3) is 0 Å². The van der Waals surface area contributed by atoms with Crippen molar-refractivity contribution in [2.75, 3.05) is 25.2 Å². The molecule has 0 fully saturated rings. The maximum absolute atomic E-state index is 11.9. The van der Waals surface area contributed by atoms with Gasteiger partial charge in [-0.2, -0.15) is 0 Å². The van der Waals surface area contributed by atoms with Crippen LogP contribution in [0.1, 0.15) is 23.1 Å². The van der Waals surface area contributed by atoms with Crippen LogP contribution in [0.4, 0.5) is 5.69 Å². The Balaban J connectivity index is 1.65. The van der Waals surface area contributed by atoms with Crippen LogP contribution >= 0.6 is 0 Å². The average Bonchev–Trinajstić information content (AvgIpc) is 3.23. The van der Waals surface area contributed by atoms with E-state index >= 15 is 0 Å². The van der Waals surface area contributed by atoms with Gasteiger partial charge in [0, 0.05) is 18.8 Å². The van der Waals surface area contributed by atoms with Crippen LogP contribution in [0.5, 0.6) is 5.75 Å². The number of anilines is 1. The van der Waals surface area contributed by atoms with E-state index < -0.39 is 5.97 Å². The molecule has 4 rings (SSSR count). The number of benzene rings is 2. The zero-order valence-corrected chi connectivity index (χ0v) is 17.0. The van der Waals surface area contributed by atoms with Gasteiger partial charge in [0.1, 0.15) is 23.2 Å². The summed E-state index contributed by atoms with van der Waals surface area (Å²) >= 11 is 0. The lowest BCUT2D eigenvalue weighted by molar-refractivity contribution is 0.0526. The number of methoxy groups -OCH3 is 1. The lowest BCUT2D eigenvalue weighted by atomic mass is 10.2. The number of carbonyl (C=O) groups excluding carboxylic acids is 1. The third-order valence-corrected chi connectivity index (χ3v) is 5.10. The monoisotopic (exact) mass is 406 g/mol. The molecule has 0 saturated heterocycles. The van der Waals surface area contributed by atoms with Gasteiger partial charge in [-0.1, -0.05) is 0 Å². The second-order valence-electron chi connectivity index (χ2n) is 6.87. The zero-order chi connectivity index (χ0) is 21.4. The van der Waals surface area contributed by atoms with Crippen molar-refractivity contribution in [2.24, 2.45) is 7.05 Å². The molecule has 1 aromatic heterocycles. The number of nitrogens with one attached hydrogen (secondary N) is 1. The third-order valence-electron chi connectivity index (χ3n) is 5.10. The highest BCUT2D eigenvalue weighted by Crippen LogP contribution is 2.32. The lowest BCUT2D eigenvalue weighted by Crippen LogP contribution is -2.26. The Morgan fingerprint density at radius 2 is 1.97 bits per heavy atom. The summed E-state index contributed by atoms with van der Waals surface area (Å²) in [6.45, 7) is 2.22. The van der Waals surface area contributed by atoms with Gasteiger partial charge in [0.2, 0.25) is 0 Å². The van der Waals surface area contributed by atoms with E-state index in [4.69, 9.17) is 14.9 Å². The van der Waals surface area contributed by atoms with Crippen molar-refractivity contribution in [3.8, 4) is 5.75 Å². The lowest BCUT2D eigenvalue weighted by Gasteiger charge is -2.19. The van der Waals surface area contributed by atoms with E-state index in [0.717, 1.165) is 11.0 Å². The molecule has 0 atom stereocenters. The second-order valence-corrected chi connectivity index (χ2v) is 6.87. The molecule has 0 radical (unpaired) electrons.